The fourth-order valence-electron chi connectivity index (χ4n) is 2.52. The molecule has 128 valence electrons. The molecule has 25 heavy (non-hydrogen) atoms. The van der Waals surface area contributed by atoms with Gasteiger partial charge in [-0.1, -0.05) is 24.3 Å². The number of rotatable bonds is 6. The van der Waals surface area contributed by atoms with Gasteiger partial charge in [0.05, 0.1) is 12.7 Å². The van der Waals surface area contributed by atoms with Crippen molar-refractivity contribution in [1.29, 1.82) is 0 Å². The summed E-state index contributed by atoms with van der Waals surface area (Å²) < 4.78 is 1.80. The van der Waals surface area contributed by atoms with Gasteiger partial charge in [-0.2, -0.15) is 5.10 Å². The number of aryl methyl sites for hydroxylation is 1. The predicted octanol–water partition coefficient (Wildman–Crippen LogP) is 2.13. The van der Waals surface area contributed by atoms with Gasteiger partial charge in [0.15, 0.2) is 5.96 Å². The Kier molecular flexibility index (Phi) is 5.41. The van der Waals surface area contributed by atoms with Crippen LogP contribution in [-0.4, -0.2) is 27.3 Å². The molecule has 0 aliphatic carbocycles. The highest BCUT2D eigenvalue weighted by Gasteiger charge is 2.02. The van der Waals surface area contributed by atoms with Crippen LogP contribution < -0.4 is 11.1 Å². The van der Waals surface area contributed by atoms with Crippen molar-refractivity contribution >= 4 is 5.96 Å². The molecule has 1 aromatic carbocycles. The molecular weight excluding hydrogens is 312 g/mol. The third-order valence-corrected chi connectivity index (χ3v) is 3.81. The average Bonchev–Trinajstić information content (AvgIpc) is 3.08. The molecule has 0 amide bonds. The Morgan fingerprint density at radius 1 is 1.20 bits per heavy atom. The van der Waals surface area contributed by atoms with Crippen LogP contribution in [0.3, 0.4) is 0 Å². The lowest BCUT2D eigenvalue weighted by Crippen LogP contribution is -2.33. The van der Waals surface area contributed by atoms with Crippen molar-refractivity contribution in [2.45, 2.75) is 13.0 Å². The van der Waals surface area contributed by atoms with Gasteiger partial charge in [-0.3, -0.25) is 9.67 Å². The number of aromatic nitrogens is 3. The van der Waals surface area contributed by atoms with Crippen LogP contribution in [0.1, 0.15) is 11.3 Å². The summed E-state index contributed by atoms with van der Waals surface area (Å²) in [5.74, 6) is 0.447. The monoisotopic (exact) mass is 334 g/mol. The van der Waals surface area contributed by atoms with E-state index in [0.717, 1.165) is 28.8 Å². The van der Waals surface area contributed by atoms with Crippen LogP contribution in [0.2, 0.25) is 0 Å². The zero-order valence-corrected chi connectivity index (χ0v) is 14.3. The SMILES string of the molecule is Cn1cc(-c2cccc(CN=C(N)NCCc3ccccn3)c2)cn1. The lowest BCUT2D eigenvalue weighted by atomic mass is 10.1. The van der Waals surface area contributed by atoms with E-state index < -0.39 is 0 Å². The Morgan fingerprint density at radius 3 is 2.88 bits per heavy atom. The minimum atomic E-state index is 0.447. The van der Waals surface area contributed by atoms with E-state index in [0.29, 0.717) is 19.0 Å². The van der Waals surface area contributed by atoms with Gasteiger partial charge in [0.1, 0.15) is 0 Å². The van der Waals surface area contributed by atoms with Gasteiger partial charge in [-0.15, -0.1) is 0 Å². The standard InChI is InChI=1S/C19H22N6/c1-25-14-17(13-24-25)16-6-4-5-15(11-16)12-23-19(20)22-10-8-18-7-2-3-9-21-18/h2-7,9,11,13-14H,8,10,12H2,1H3,(H3,20,22,23). The summed E-state index contributed by atoms with van der Waals surface area (Å²) >= 11 is 0. The summed E-state index contributed by atoms with van der Waals surface area (Å²) in [6.07, 6.45) is 6.46. The number of hydrogen-bond acceptors (Lipinski definition) is 3. The van der Waals surface area contributed by atoms with Crippen LogP contribution >= 0.6 is 0 Å². The number of nitrogens with zero attached hydrogens (tertiary/aromatic N) is 4. The third kappa shape index (κ3) is 4.91. The quantitative estimate of drug-likeness (QED) is 0.534. The van der Waals surface area contributed by atoms with Crippen LogP contribution in [0.4, 0.5) is 0 Å². The summed E-state index contributed by atoms with van der Waals surface area (Å²) in [4.78, 5) is 8.69. The van der Waals surface area contributed by atoms with Crippen LogP contribution in [-0.2, 0) is 20.0 Å². The van der Waals surface area contributed by atoms with Gasteiger partial charge in [-0.05, 0) is 29.3 Å². The Bertz CT molecular complexity index is 838. The lowest BCUT2D eigenvalue weighted by molar-refractivity contribution is 0.768. The molecule has 6 heteroatoms. The fourth-order valence-corrected chi connectivity index (χ4v) is 2.52. The Morgan fingerprint density at radius 2 is 2.12 bits per heavy atom. The zero-order valence-electron chi connectivity index (χ0n) is 14.3. The molecule has 0 saturated carbocycles. The molecule has 0 aliphatic rings. The molecule has 0 unspecified atom stereocenters. The van der Waals surface area contributed by atoms with E-state index in [4.69, 9.17) is 5.73 Å². The first-order chi connectivity index (χ1) is 12.2. The molecule has 0 saturated heterocycles. The topological polar surface area (TPSA) is 81.1 Å². The van der Waals surface area contributed by atoms with E-state index in [1.165, 1.54) is 0 Å². The number of nitrogens with two attached hydrogens (primary N) is 1. The van der Waals surface area contributed by atoms with Crippen molar-refractivity contribution < 1.29 is 0 Å². The summed E-state index contributed by atoms with van der Waals surface area (Å²) in [7, 11) is 1.91. The van der Waals surface area contributed by atoms with Gasteiger partial charge < -0.3 is 11.1 Å². The Balaban J connectivity index is 1.54. The van der Waals surface area contributed by atoms with Crippen LogP contribution in [0.25, 0.3) is 11.1 Å². The molecule has 2 heterocycles. The van der Waals surface area contributed by atoms with Crippen molar-refractivity contribution in [2.24, 2.45) is 17.8 Å². The molecule has 0 radical (unpaired) electrons. The number of nitrogens with one attached hydrogen (secondary N) is 1. The number of benzene rings is 1. The van der Waals surface area contributed by atoms with Crippen molar-refractivity contribution in [3.63, 3.8) is 0 Å². The second kappa shape index (κ2) is 8.10. The van der Waals surface area contributed by atoms with Crippen molar-refractivity contribution in [3.8, 4) is 11.1 Å². The molecule has 0 spiro atoms. The maximum atomic E-state index is 5.94. The summed E-state index contributed by atoms with van der Waals surface area (Å²) in [5, 5.41) is 7.34. The van der Waals surface area contributed by atoms with E-state index >= 15 is 0 Å². The third-order valence-electron chi connectivity index (χ3n) is 3.81. The molecular formula is C19H22N6. The molecule has 3 aromatic rings. The highest BCUT2D eigenvalue weighted by atomic mass is 15.2. The molecule has 3 N–H and O–H groups in total. The Hall–Kier alpha value is -3.15. The number of aliphatic imine (C=N–C) groups is 1. The molecule has 0 aliphatic heterocycles. The molecule has 2 aromatic heterocycles. The number of pyridine rings is 1. The van der Waals surface area contributed by atoms with Crippen LogP contribution in [0.5, 0.6) is 0 Å². The highest BCUT2D eigenvalue weighted by molar-refractivity contribution is 5.77. The van der Waals surface area contributed by atoms with Crippen LogP contribution in [0, 0.1) is 0 Å². The van der Waals surface area contributed by atoms with Crippen molar-refractivity contribution in [1.82, 2.24) is 20.1 Å². The van der Waals surface area contributed by atoms with Gasteiger partial charge >= 0.3 is 0 Å². The molecule has 0 bridgehead atoms. The maximum Gasteiger partial charge on any atom is 0.188 e. The zero-order chi connectivity index (χ0) is 17.5. The van der Waals surface area contributed by atoms with Gasteiger partial charge in [0, 0.05) is 43.7 Å². The maximum absolute atomic E-state index is 5.94. The van der Waals surface area contributed by atoms with Gasteiger partial charge in [-0.25, -0.2) is 4.99 Å². The smallest absolute Gasteiger partial charge is 0.188 e. The summed E-state index contributed by atoms with van der Waals surface area (Å²) in [6.45, 7) is 1.25. The number of guanidine groups is 1. The molecule has 0 fully saturated rings. The first-order valence-electron chi connectivity index (χ1n) is 8.22. The van der Waals surface area contributed by atoms with Crippen molar-refractivity contribution in [3.05, 3.63) is 72.3 Å². The average molecular weight is 334 g/mol. The molecule has 6 nitrogen and oxygen atoms in total. The first-order valence-corrected chi connectivity index (χ1v) is 8.22. The van der Waals surface area contributed by atoms with Gasteiger partial charge in [0.2, 0.25) is 0 Å². The number of hydrogen-bond donors (Lipinski definition) is 2. The predicted molar refractivity (Wildman–Crippen MR) is 99.9 cm³/mol. The summed E-state index contributed by atoms with van der Waals surface area (Å²) in [5.41, 5.74) is 10.3. The van der Waals surface area contributed by atoms with E-state index in [1.54, 1.807) is 10.9 Å². The largest absolute Gasteiger partial charge is 0.370 e. The normalized spacial score (nSPS) is 11.5. The second-order valence-corrected chi connectivity index (χ2v) is 5.80. The Labute approximate surface area is 147 Å². The van der Waals surface area contributed by atoms with E-state index in [-0.39, 0.29) is 0 Å². The van der Waals surface area contributed by atoms with E-state index in [9.17, 15) is 0 Å². The lowest BCUT2D eigenvalue weighted by Gasteiger charge is -2.06. The van der Waals surface area contributed by atoms with E-state index in [2.05, 4.69) is 32.5 Å². The summed E-state index contributed by atoms with van der Waals surface area (Å²) in [6, 6.07) is 14.1. The first kappa shape index (κ1) is 16.7. The molecule has 3 rings (SSSR count). The van der Waals surface area contributed by atoms with Crippen molar-refractivity contribution in [2.75, 3.05) is 6.54 Å². The van der Waals surface area contributed by atoms with Crippen LogP contribution in [0.15, 0.2) is 66.0 Å². The second-order valence-electron chi connectivity index (χ2n) is 5.80. The minimum absolute atomic E-state index is 0.447. The fraction of sp³-hybridized carbons (Fsp3) is 0.211. The van der Waals surface area contributed by atoms with E-state index in [1.807, 2.05) is 49.8 Å². The van der Waals surface area contributed by atoms with Gasteiger partial charge in [0.25, 0.3) is 0 Å². The highest BCUT2D eigenvalue weighted by Crippen LogP contribution is 2.19. The minimum Gasteiger partial charge on any atom is -0.370 e. The molecule has 0 atom stereocenters.